The molecule has 98 valence electrons. The number of methoxy groups -OCH3 is 1. The first kappa shape index (κ1) is 12.7. The quantitative estimate of drug-likeness (QED) is 0.622. The van der Waals surface area contributed by atoms with E-state index in [2.05, 4.69) is 12.2 Å². The maximum Gasteiger partial charge on any atom is 0.296 e. The molecule has 0 bridgehead atoms. The van der Waals surface area contributed by atoms with Gasteiger partial charge in [-0.25, -0.2) is 0 Å². The summed E-state index contributed by atoms with van der Waals surface area (Å²) in [4.78, 5) is 10.7. The van der Waals surface area contributed by atoms with Crippen molar-refractivity contribution >= 4 is 11.4 Å². The number of nitrogens with one attached hydrogen (secondary N) is 1. The first-order valence-electron chi connectivity index (χ1n) is 6.24. The van der Waals surface area contributed by atoms with Crippen LogP contribution in [0.3, 0.4) is 0 Å². The van der Waals surface area contributed by atoms with E-state index in [1.54, 1.807) is 12.1 Å². The molecule has 1 aromatic rings. The summed E-state index contributed by atoms with van der Waals surface area (Å²) in [5, 5.41) is 14.3. The van der Waals surface area contributed by atoms with E-state index in [-0.39, 0.29) is 10.6 Å². The zero-order valence-corrected chi connectivity index (χ0v) is 10.7. The molecule has 1 aromatic carbocycles. The van der Waals surface area contributed by atoms with E-state index in [1.807, 2.05) is 0 Å². The highest BCUT2D eigenvalue weighted by Crippen LogP contribution is 2.37. The molecule has 0 aromatic heterocycles. The van der Waals surface area contributed by atoms with E-state index in [4.69, 9.17) is 4.74 Å². The summed E-state index contributed by atoms with van der Waals surface area (Å²) < 4.78 is 5.02. The molecule has 1 unspecified atom stereocenters. The van der Waals surface area contributed by atoms with Crippen LogP contribution in [0.25, 0.3) is 0 Å². The highest BCUT2D eigenvalue weighted by Gasteiger charge is 2.31. The van der Waals surface area contributed by atoms with Crippen molar-refractivity contribution in [3.63, 3.8) is 0 Å². The second-order valence-corrected chi connectivity index (χ2v) is 4.64. The molecule has 1 aliphatic rings. The van der Waals surface area contributed by atoms with Crippen molar-refractivity contribution in [1.82, 2.24) is 0 Å². The molecule has 1 aliphatic carbocycles. The number of rotatable bonds is 6. The van der Waals surface area contributed by atoms with Crippen molar-refractivity contribution in [3.05, 3.63) is 28.3 Å². The van der Waals surface area contributed by atoms with Gasteiger partial charge in [0, 0.05) is 6.04 Å². The number of nitrogens with zero attached hydrogens (tertiary/aromatic N) is 1. The molecule has 2 rings (SSSR count). The highest BCUT2D eigenvalue weighted by molar-refractivity contribution is 5.64. The van der Waals surface area contributed by atoms with Crippen LogP contribution in [0.5, 0.6) is 5.75 Å². The van der Waals surface area contributed by atoms with Gasteiger partial charge in [-0.3, -0.25) is 10.1 Å². The van der Waals surface area contributed by atoms with Crippen molar-refractivity contribution in [1.29, 1.82) is 0 Å². The molecule has 5 nitrogen and oxygen atoms in total. The largest absolute Gasteiger partial charge is 0.496 e. The summed E-state index contributed by atoms with van der Waals surface area (Å²) in [6.45, 7) is 2.10. The number of hydrogen-bond donors (Lipinski definition) is 1. The van der Waals surface area contributed by atoms with E-state index in [1.165, 1.54) is 26.0 Å². The van der Waals surface area contributed by atoms with Gasteiger partial charge in [-0.05, 0) is 37.3 Å². The lowest BCUT2D eigenvalue weighted by atomic mass is 10.1. The average molecular weight is 250 g/mol. The van der Waals surface area contributed by atoms with Gasteiger partial charge < -0.3 is 10.1 Å². The molecule has 0 heterocycles. The lowest BCUT2D eigenvalue weighted by Crippen LogP contribution is -2.21. The lowest BCUT2D eigenvalue weighted by molar-refractivity contribution is -0.384. The molecule has 1 saturated carbocycles. The van der Waals surface area contributed by atoms with Crippen LogP contribution in [0.4, 0.5) is 11.4 Å². The molecule has 1 N–H and O–H groups in total. The van der Waals surface area contributed by atoms with Crippen LogP contribution in [0.15, 0.2) is 18.2 Å². The van der Waals surface area contributed by atoms with Crippen LogP contribution in [-0.4, -0.2) is 18.1 Å². The Balaban J connectivity index is 2.22. The van der Waals surface area contributed by atoms with Gasteiger partial charge >= 0.3 is 0 Å². The average Bonchev–Trinajstić information content (AvgIpc) is 3.20. The third-order valence-corrected chi connectivity index (χ3v) is 3.37. The van der Waals surface area contributed by atoms with E-state index in [9.17, 15) is 10.1 Å². The van der Waals surface area contributed by atoms with E-state index in [0.717, 1.165) is 6.42 Å². The number of nitro groups is 1. The molecular weight excluding hydrogens is 232 g/mol. The van der Waals surface area contributed by atoms with E-state index in [0.29, 0.717) is 23.4 Å². The van der Waals surface area contributed by atoms with E-state index >= 15 is 0 Å². The fraction of sp³-hybridized carbons (Fsp3) is 0.538. The first-order chi connectivity index (χ1) is 8.65. The zero-order valence-electron chi connectivity index (χ0n) is 10.7. The Hall–Kier alpha value is -1.78. The van der Waals surface area contributed by atoms with Crippen LogP contribution < -0.4 is 10.1 Å². The van der Waals surface area contributed by atoms with Gasteiger partial charge in [0.2, 0.25) is 0 Å². The van der Waals surface area contributed by atoms with E-state index < -0.39 is 0 Å². The second kappa shape index (κ2) is 5.25. The Morgan fingerprint density at radius 1 is 1.56 bits per heavy atom. The molecule has 5 heteroatoms. The Labute approximate surface area is 106 Å². The summed E-state index contributed by atoms with van der Waals surface area (Å²) in [6.07, 6.45) is 3.42. The van der Waals surface area contributed by atoms with Crippen LogP contribution >= 0.6 is 0 Å². The predicted molar refractivity (Wildman–Crippen MR) is 70.1 cm³/mol. The highest BCUT2D eigenvalue weighted by atomic mass is 16.6. The second-order valence-electron chi connectivity index (χ2n) is 4.64. The van der Waals surface area contributed by atoms with Gasteiger partial charge in [0.1, 0.15) is 11.4 Å². The molecule has 0 spiro atoms. The summed E-state index contributed by atoms with van der Waals surface area (Å²) in [6, 6.07) is 5.26. The fourth-order valence-corrected chi connectivity index (χ4v) is 2.16. The lowest BCUT2D eigenvalue weighted by Gasteiger charge is -2.17. The fourth-order valence-electron chi connectivity index (χ4n) is 2.16. The van der Waals surface area contributed by atoms with Crippen LogP contribution in [0, 0.1) is 16.0 Å². The summed E-state index contributed by atoms with van der Waals surface area (Å²) in [5.41, 5.74) is 0.660. The normalized spacial score (nSPS) is 16.1. The smallest absolute Gasteiger partial charge is 0.296 e. The van der Waals surface area contributed by atoms with Crippen molar-refractivity contribution in [2.75, 3.05) is 12.4 Å². The van der Waals surface area contributed by atoms with Gasteiger partial charge in [0.15, 0.2) is 0 Å². The number of ether oxygens (including phenoxy) is 1. The number of anilines is 1. The van der Waals surface area contributed by atoms with Crippen molar-refractivity contribution < 1.29 is 9.66 Å². The van der Waals surface area contributed by atoms with Gasteiger partial charge in [-0.15, -0.1) is 0 Å². The molecule has 0 aliphatic heterocycles. The van der Waals surface area contributed by atoms with Gasteiger partial charge in [-0.1, -0.05) is 6.92 Å². The molecule has 0 saturated heterocycles. The SMILES string of the molecule is CCC(Nc1ccc(OC)cc1[N+](=O)[O-])C1CC1. The van der Waals surface area contributed by atoms with Crippen LogP contribution in [0.1, 0.15) is 26.2 Å². The number of nitro benzene ring substituents is 1. The van der Waals surface area contributed by atoms with Gasteiger partial charge in [0.25, 0.3) is 5.69 Å². The molecule has 0 radical (unpaired) electrons. The standard InChI is InChI=1S/C13H18N2O3/c1-3-11(9-4-5-9)14-12-7-6-10(18-2)8-13(12)15(16)17/h6-9,11,14H,3-5H2,1-2H3. The summed E-state index contributed by atoms with van der Waals surface area (Å²) in [7, 11) is 1.51. The maximum absolute atomic E-state index is 11.1. The van der Waals surface area contributed by atoms with Gasteiger partial charge in [-0.2, -0.15) is 0 Å². The topological polar surface area (TPSA) is 64.4 Å². The van der Waals surface area contributed by atoms with Crippen LogP contribution in [0.2, 0.25) is 0 Å². The first-order valence-corrected chi connectivity index (χ1v) is 6.24. The Morgan fingerprint density at radius 3 is 2.78 bits per heavy atom. The molecular formula is C13H18N2O3. The van der Waals surface area contributed by atoms with Crippen molar-refractivity contribution in [3.8, 4) is 5.75 Å². The Bertz CT molecular complexity index is 444. The number of benzene rings is 1. The summed E-state index contributed by atoms with van der Waals surface area (Å²) >= 11 is 0. The third kappa shape index (κ3) is 2.72. The monoisotopic (exact) mass is 250 g/mol. The Kier molecular flexibility index (Phi) is 3.69. The minimum Gasteiger partial charge on any atom is -0.496 e. The molecule has 1 atom stereocenters. The minimum atomic E-state index is -0.371. The zero-order chi connectivity index (χ0) is 13.1. The predicted octanol–water partition coefficient (Wildman–Crippen LogP) is 3.20. The maximum atomic E-state index is 11.1. The van der Waals surface area contributed by atoms with Crippen molar-refractivity contribution in [2.24, 2.45) is 5.92 Å². The summed E-state index contributed by atoms with van der Waals surface area (Å²) in [5.74, 6) is 1.17. The third-order valence-electron chi connectivity index (χ3n) is 3.37. The molecule has 18 heavy (non-hydrogen) atoms. The van der Waals surface area contributed by atoms with Crippen LogP contribution in [-0.2, 0) is 0 Å². The minimum absolute atomic E-state index is 0.0773. The van der Waals surface area contributed by atoms with Crippen molar-refractivity contribution in [2.45, 2.75) is 32.2 Å². The van der Waals surface area contributed by atoms with Gasteiger partial charge in [0.05, 0.1) is 18.1 Å². The molecule has 0 amide bonds. The molecule has 1 fully saturated rings. The Morgan fingerprint density at radius 2 is 2.28 bits per heavy atom. The number of hydrogen-bond acceptors (Lipinski definition) is 4.